The van der Waals surface area contributed by atoms with Crippen LogP contribution in [0.4, 0.5) is 51.2 Å². The molecule has 12 aromatic carbocycles. The number of rotatable bonds is 9. The van der Waals surface area contributed by atoms with Crippen LogP contribution in [0, 0.1) is 6.92 Å². The first-order chi connectivity index (χ1) is 32.2. The number of hydrogen-bond donors (Lipinski definition) is 0. The molecule has 0 bridgehead atoms. The van der Waals surface area contributed by atoms with Crippen molar-refractivity contribution < 1.29 is 0 Å². The van der Waals surface area contributed by atoms with Crippen LogP contribution in [0.1, 0.15) is 12.5 Å². The van der Waals surface area contributed by atoms with Crippen molar-refractivity contribution in [2.24, 2.45) is 0 Å². The van der Waals surface area contributed by atoms with Gasteiger partial charge in [-0.3, -0.25) is 0 Å². The first-order valence-corrected chi connectivity index (χ1v) is 22.5. The summed E-state index contributed by atoms with van der Waals surface area (Å²) in [6.45, 7) is 4.51. The standard InChI is InChI=1S/C62H45N3/c1-3-43-24-22-38-51-55(43)42(2)56-58(51)62(65(48-33-18-8-19-34-48)49-35-20-9-21-36-49)60-53-40-41-54(63(44-25-10-4-11-26-44)45-27-12-5-13-28-45)50-37-23-39-52(57(50)53)59(60)61(56)64(46-29-14-6-15-30-46)47-31-16-7-17-32-47/h3-41H,1-2H3/b43-3-. The summed E-state index contributed by atoms with van der Waals surface area (Å²) in [5, 5.41) is 13.6. The van der Waals surface area contributed by atoms with Gasteiger partial charge in [-0.25, -0.2) is 0 Å². The van der Waals surface area contributed by atoms with Crippen LogP contribution in [0.15, 0.2) is 231 Å². The molecule has 12 rings (SSSR count). The number of aryl methyl sites for hydroxylation is 1. The van der Waals surface area contributed by atoms with Gasteiger partial charge in [0.25, 0.3) is 0 Å². The Kier molecular flexibility index (Phi) is 9.28. The third kappa shape index (κ3) is 6.04. The molecule has 65 heavy (non-hydrogen) atoms. The highest BCUT2D eigenvalue weighted by Gasteiger charge is 2.33. The molecule has 0 saturated carbocycles. The van der Waals surface area contributed by atoms with E-state index in [0.717, 1.165) is 39.8 Å². The monoisotopic (exact) mass is 831 g/mol. The summed E-state index contributed by atoms with van der Waals surface area (Å²) < 4.78 is 0. The second-order valence-electron chi connectivity index (χ2n) is 16.8. The molecule has 0 heterocycles. The Hall–Kier alpha value is -8.40. The maximum atomic E-state index is 2.52. The predicted molar refractivity (Wildman–Crippen MR) is 279 cm³/mol. The van der Waals surface area contributed by atoms with Crippen LogP contribution in [0.2, 0.25) is 0 Å². The number of fused-ring (bicyclic) bond motifs is 6. The molecule has 0 aliphatic carbocycles. The van der Waals surface area contributed by atoms with Crippen LogP contribution in [0.5, 0.6) is 0 Å². The molecule has 0 fully saturated rings. The van der Waals surface area contributed by atoms with Crippen molar-refractivity contribution >= 4 is 111 Å². The van der Waals surface area contributed by atoms with E-state index in [0.29, 0.717) is 0 Å². The molecule has 0 aliphatic rings. The summed E-state index contributed by atoms with van der Waals surface area (Å²) in [5.41, 5.74) is 11.4. The molecular weight excluding hydrogens is 787 g/mol. The quantitative estimate of drug-likeness (QED) is 0.134. The first kappa shape index (κ1) is 38.3. The predicted octanol–water partition coefficient (Wildman–Crippen LogP) is 17.1. The van der Waals surface area contributed by atoms with Crippen molar-refractivity contribution in [3.63, 3.8) is 0 Å². The van der Waals surface area contributed by atoms with E-state index in [1.54, 1.807) is 0 Å². The van der Waals surface area contributed by atoms with Crippen molar-refractivity contribution in [2.75, 3.05) is 14.7 Å². The minimum absolute atomic E-state index is 1.10. The van der Waals surface area contributed by atoms with E-state index in [4.69, 9.17) is 0 Å². The Morgan fingerprint density at radius 2 is 0.615 bits per heavy atom. The van der Waals surface area contributed by atoms with Gasteiger partial charge in [0.1, 0.15) is 0 Å². The fourth-order valence-electron chi connectivity index (χ4n) is 10.6. The third-order valence-corrected chi connectivity index (χ3v) is 13.2. The molecule has 308 valence electrons. The van der Waals surface area contributed by atoms with E-state index in [-0.39, 0.29) is 0 Å². The molecule has 0 atom stereocenters. The van der Waals surface area contributed by atoms with E-state index in [1.807, 2.05) is 0 Å². The van der Waals surface area contributed by atoms with Crippen molar-refractivity contribution in [3.8, 4) is 0 Å². The maximum absolute atomic E-state index is 2.52. The Bertz CT molecular complexity index is 3590. The van der Waals surface area contributed by atoms with E-state index in [9.17, 15) is 0 Å². The number of benzene rings is 10. The summed E-state index contributed by atoms with van der Waals surface area (Å²) >= 11 is 0. The highest BCUT2D eigenvalue weighted by molar-refractivity contribution is 6.44. The smallest absolute Gasteiger partial charge is 0.0632 e. The lowest BCUT2D eigenvalue weighted by Gasteiger charge is -2.32. The average Bonchev–Trinajstić information content (AvgIpc) is 3.87. The molecule has 0 saturated heterocycles. The average molecular weight is 832 g/mol. The fourth-order valence-corrected chi connectivity index (χ4v) is 10.6. The number of nitrogens with zero attached hydrogens (tertiary/aromatic N) is 3. The number of para-hydroxylation sites is 6. The van der Waals surface area contributed by atoms with Gasteiger partial charge in [0.05, 0.1) is 17.1 Å². The summed E-state index contributed by atoms with van der Waals surface area (Å²) in [6, 6.07) is 83.8. The molecule has 0 aliphatic heterocycles. The first-order valence-electron chi connectivity index (χ1n) is 22.5. The van der Waals surface area contributed by atoms with Gasteiger partial charge in [-0.2, -0.15) is 0 Å². The van der Waals surface area contributed by atoms with Crippen molar-refractivity contribution in [1.82, 2.24) is 0 Å². The lowest BCUT2D eigenvalue weighted by atomic mass is 9.96. The van der Waals surface area contributed by atoms with Crippen molar-refractivity contribution in [2.45, 2.75) is 13.8 Å². The summed E-state index contributed by atoms with van der Waals surface area (Å²) in [4.78, 5) is 7.45. The minimum Gasteiger partial charge on any atom is -0.310 e. The van der Waals surface area contributed by atoms with Crippen LogP contribution >= 0.6 is 0 Å². The minimum atomic E-state index is 1.10. The second kappa shape index (κ2) is 15.7. The summed E-state index contributed by atoms with van der Waals surface area (Å²) in [5.74, 6) is 0. The molecule has 3 nitrogen and oxygen atoms in total. The van der Waals surface area contributed by atoms with Crippen LogP contribution in [-0.4, -0.2) is 0 Å². The van der Waals surface area contributed by atoms with Gasteiger partial charge < -0.3 is 14.7 Å². The lowest BCUT2D eigenvalue weighted by molar-refractivity contribution is 1.30. The molecule has 0 radical (unpaired) electrons. The molecule has 0 aromatic heterocycles. The lowest BCUT2D eigenvalue weighted by Crippen LogP contribution is -2.14. The Morgan fingerprint density at radius 1 is 0.277 bits per heavy atom. The zero-order valence-corrected chi connectivity index (χ0v) is 36.4. The van der Waals surface area contributed by atoms with Gasteiger partial charge in [-0.1, -0.05) is 158 Å². The Balaban J connectivity index is 1.36. The molecule has 0 N–H and O–H groups in total. The van der Waals surface area contributed by atoms with Gasteiger partial charge in [0.15, 0.2) is 0 Å². The molecule has 0 unspecified atom stereocenters. The zero-order valence-electron chi connectivity index (χ0n) is 36.4. The van der Waals surface area contributed by atoms with Crippen molar-refractivity contribution in [1.29, 1.82) is 0 Å². The Morgan fingerprint density at radius 3 is 1.05 bits per heavy atom. The van der Waals surface area contributed by atoms with E-state index in [2.05, 4.69) is 265 Å². The summed E-state index contributed by atoms with van der Waals surface area (Å²) in [7, 11) is 0. The van der Waals surface area contributed by atoms with Gasteiger partial charge in [0, 0.05) is 61.1 Å². The normalized spacial score (nSPS) is 11.9. The van der Waals surface area contributed by atoms with Gasteiger partial charge in [-0.15, -0.1) is 0 Å². The van der Waals surface area contributed by atoms with Gasteiger partial charge in [0.2, 0.25) is 0 Å². The molecule has 12 aromatic rings. The molecule has 0 spiro atoms. The number of anilines is 9. The number of hydrogen-bond acceptors (Lipinski definition) is 3. The highest BCUT2D eigenvalue weighted by Crippen LogP contribution is 2.59. The van der Waals surface area contributed by atoms with E-state index < -0.39 is 0 Å². The molecular formula is C62H45N3. The largest absolute Gasteiger partial charge is 0.310 e. The van der Waals surface area contributed by atoms with Crippen LogP contribution in [0.25, 0.3) is 59.9 Å². The molecule has 3 heteroatoms. The van der Waals surface area contributed by atoms with Crippen LogP contribution < -0.4 is 19.9 Å². The van der Waals surface area contributed by atoms with Gasteiger partial charge >= 0.3 is 0 Å². The van der Waals surface area contributed by atoms with E-state index in [1.165, 1.54) is 76.0 Å². The SMILES string of the molecule is C/C=c1/cccc2c1c(C)c1c(N(c3ccccc3)c3ccccc3)c3c4cccc5c(N(c6ccccc6)c6ccccc6)ccc(c3c(N(c3ccccc3)c3ccccc3)c12)c54. The third-order valence-electron chi connectivity index (χ3n) is 13.2. The zero-order chi connectivity index (χ0) is 43.4. The maximum Gasteiger partial charge on any atom is 0.0632 e. The van der Waals surface area contributed by atoms with Gasteiger partial charge in [-0.05, 0) is 130 Å². The van der Waals surface area contributed by atoms with Crippen LogP contribution in [0.3, 0.4) is 0 Å². The fraction of sp³-hybridized carbons (Fsp3) is 0.0323. The summed E-state index contributed by atoms with van der Waals surface area (Å²) in [6.07, 6.45) is 2.27. The van der Waals surface area contributed by atoms with E-state index >= 15 is 0 Å². The topological polar surface area (TPSA) is 9.72 Å². The van der Waals surface area contributed by atoms with Crippen molar-refractivity contribution in [3.05, 3.63) is 241 Å². The second-order valence-corrected chi connectivity index (χ2v) is 16.8. The van der Waals surface area contributed by atoms with Crippen LogP contribution in [-0.2, 0) is 0 Å². The Labute approximate surface area is 379 Å². The molecule has 0 amide bonds. The highest BCUT2D eigenvalue weighted by atomic mass is 15.2.